The first-order valence-electron chi connectivity index (χ1n) is 2.90. The molecule has 0 fully saturated rings. The third-order valence-electron chi connectivity index (χ3n) is 0.822. The largest absolute Gasteiger partial charge is 0.390 e. The van der Waals surface area contributed by atoms with Crippen molar-refractivity contribution >= 4 is 0 Å². The van der Waals surface area contributed by atoms with Crippen LogP contribution in [0, 0.1) is 0 Å². The van der Waals surface area contributed by atoms with Crippen molar-refractivity contribution in [3.8, 4) is 0 Å². The Morgan fingerprint density at radius 2 is 2.00 bits per heavy atom. The lowest BCUT2D eigenvalue weighted by Crippen LogP contribution is -2.29. The zero-order chi connectivity index (χ0) is 6.78. The zero-order valence-corrected chi connectivity index (χ0v) is 5.81. The Morgan fingerprint density at radius 1 is 1.62 bits per heavy atom. The van der Waals surface area contributed by atoms with Gasteiger partial charge >= 0.3 is 0 Å². The monoisotopic (exact) mass is 117 g/mol. The molecule has 0 aliphatic carbocycles. The van der Waals surface area contributed by atoms with E-state index >= 15 is 0 Å². The van der Waals surface area contributed by atoms with E-state index in [-0.39, 0.29) is 6.04 Å². The summed E-state index contributed by atoms with van der Waals surface area (Å²) in [6.45, 7) is 5.41. The van der Waals surface area contributed by atoms with Crippen molar-refractivity contribution in [2.45, 2.75) is 38.8 Å². The van der Waals surface area contributed by atoms with Crippen LogP contribution in [-0.4, -0.2) is 16.7 Å². The van der Waals surface area contributed by atoms with E-state index in [1.54, 1.807) is 13.8 Å². The number of rotatable bonds is 2. The molecule has 0 radical (unpaired) electrons. The highest BCUT2D eigenvalue weighted by molar-refractivity contribution is 4.69. The molecule has 8 heavy (non-hydrogen) atoms. The first kappa shape index (κ1) is 7.92. The number of aliphatic hydroxyl groups is 1. The van der Waals surface area contributed by atoms with Gasteiger partial charge in [-0.25, -0.2) is 0 Å². The van der Waals surface area contributed by atoms with Gasteiger partial charge in [0.15, 0.2) is 0 Å². The van der Waals surface area contributed by atoms with Crippen LogP contribution in [0.15, 0.2) is 0 Å². The molecule has 0 saturated heterocycles. The van der Waals surface area contributed by atoms with Gasteiger partial charge in [-0.15, -0.1) is 0 Å². The number of hydrogen-bond donors (Lipinski definition) is 2. The molecule has 0 heterocycles. The molecule has 0 aromatic heterocycles. The van der Waals surface area contributed by atoms with E-state index < -0.39 is 5.60 Å². The number of nitrogens with two attached hydrogens (primary N) is 1. The fraction of sp³-hybridized carbons (Fsp3) is 1.00. The molecule has 0 aliphatic rings. The Bertz CT molecular complexity index is 63.4. The lowest BCUT2D eigenvalue weighted by molar-refractivity contribution is 0.0655. The predicted octanol–water partition coefficient (Wildman–Crippen LogP) is 0.495. The Kier molecular flexibility index (Phi) is 2.44. The lowest BCUT2D eigenvalue weighted by atomic mass is 10.0. The first-order chi connectivity index (χ1) is 3.42. The molecule has 0 rings (SSSR count). The molecule has 0 aliphatic heterocycles. The SMILES string of the molecule is C[C@H](N)CC(C)(C)O. The molecule has 0 saturated carbocycles. The van der Waals surface area contributed by atoms with Crippen LogP contribution in [0.3, 0.4) is 0 Å². The van der Waals surface area contributed by atoms with E-state index in [1.807, 2.05) is 6.92 Å². The van der Waals surface area contributed by atoms with Crippen LogP contribution < -0.4 is 5.73 Å². The molecule has 0 bridgehead atoms. The summed E-state index contributed by atoms with van der Waals surface area (Å²) in [5.74, 6) is 0. The molecule has 1 atom stereocenters. The average molecular weight is 117 g/mol. The summed E-state index contributed by atoms with van der Waals surface area (Å²) in [5, 5.41) is 9.11. The average Bonchev–Trinajstić information content (AvgIpc) is 1.21. The topological polar surface area (TPSA) is 46.2 Å². The second-order valence-electron chi connectivity index (χ2n) is 2.99. The van der Waals surface area contributed by atoms with E-state index in [4.69, 9.17) is 10.8 Å². The quantitative estimate of drug-likeness (QED) is 0.553. The fourth-order valence-corrected chi connectivity index (χ4v) is 0.788. The van der Waals surface area contributed by atoms with E-state index in [2.05, 4.69) is 0 Å². The lowest BCUT2D eigenvalue weighted by Gasteiger charge is -2.18. The smallest absolute Gasteiger partial charge is 0.0606 e. The van der Waals surface area contributed by atoms with Gasteiger partial charge < -0.3 is 10.8 Å². The molecule has 0 aromatic rings. The molecular formula is C6H15NO. The number of hydrogen-bond acceptors (Lipinski definition) is 2. The van der Waals surface area contributed by atoms with Gasteiger partial charge in [0.2, 0.25) is 0 Å². The minimum absolute atomic E-state index is 0.0926. The highest BCUT2D eigenvalue weighted by Gasteiger charge is 2.13. The third-order valence-corrected chi connectivity index (χ3v) is 0.822. The molecule has 0 spiro atoms. The van der Waals surface area contributed by atoms with Crippen molar-refractivity contribution in [3.05, 3.63) is 0 Å². The molecule has 50 valence electrons. The van der Waals surface area contributed by atoms with Crippen LogP contribution in [0.1, 0.15) is 27.2 Å². The zero-order valence-electron chi connectivity index (χ0n) is 5.81. The Morgan fingerprint density at radius 3 is 2.00 bits per heavy atom. The highest BCUT2D eigenvalue weighted by atomic mass is 16.3. The third kappa shape index (κ3) is 5.92. The molecule has 2 heteroatoms. The molecule has 0 unspecified atom stereocenters. The molecular weight excluding hydrogens is 102 g/mol. The summed E-state index contributed by atoms with van der Waals surface area (Å²) in [7, 11) is 0. The summed E-state index contributed by atoms with van der Waals surface area (Å²) in [4.78, 5) is 0. The first-order valence-corrected chi connectivity index (χ1v) is 2.90. The van der Waals surface area contributed by atoms with E-state index in [0.717, 1.165) is 0 Å². The van der Waals surface area contributed by atoms with Crippen molar-refractivity contribution < 1.29 is 5.11 Å². The minimum Gasteiger partial charge on any atom is -0.390 e. The van der Waals surface area contributed by atoms with Crippen LogP contribution in [-0.2, 0) is 0 Å². The summed E-state index contributed by atoms with van der Waals surface area (Å²) in [6, 6.07) is 0.0926. The summed E-state index contributed by atoms with van der Waals surface area (Å²) < 4.78 is 0. The van der Waals surface area contributed by atoms with Crippen LogP contribution in [0.5, 0.6) is 0 Å². The van der Waals surface area contributed by atoms with Crippen LogP contribution >= 0.6 is 0 Å². The van der Waals surface area contributed by atoms with Crippen molar-refractivity contribution in [2.24, 2.45) is 5.73 Å². The maximum absolute atomic E-state index is 9.11. The van der Waals surface area contributed by atoms with Gasteiger partial charge in [-0.2, -0.15) is 0 Å². The summed E-state index contributed by atoms with van der Waals surface area (Å²) >= 11 is 0. The van der Waals surface area contributed by atoms with Gasteiger partial charge in [0.1, 0.15) is 0 Å². The van der Waals surface area contributed by atoms with Crippen molar-refractivity contribution in [2.75, 3.05) is 0 Å². The minimum atomic E-state index is -0.603. The van der Waals surface area contributed by atoms with Gasteiger partial charge in [-0.3, -0.25) is 0 Å². The van der Waals surface area contributed by atoms with E-state index in [9.17, 15) is 0 Å². The molecule has 0 aromatic carbocycles. The van der Waals surface area contributed by atoms with Crippen molar-refractivity contribution in [3.63, 3.8) is 0 Å². The fourth-order valence-electron chi connectivity index (χ4n) is 0.788. The maximum atomic E-state index is 9.11. The van der Waals surface area contributed by atoms with Crippen molar-refractivity contribution in [1.82, 2.24) is 0 Å². The Balaban J connectivity index is 3.39. The van der Waals surface area contributed by atoms with E-state index in [0.29, 0.717) is 6.42 Å². The molecule has 3 N–H and O–H groups in total. The van der Waals surface area contributed by atoms with Gasteiger partial charge in [0.05, 0.1) is 5.60 Å². The van der Waals surface area contributed by atoms with Gasteiger partial charge in [0, 0.05) is 6.04 Å². The second-order valence-corrected chi connectivity index (χ2v) is 2.99. The van der Waals surface area contributed by atoms with Crippen molar-refractivity contribution in [1.29, 1.82) is 0 Å². The maximum Gasteiger partial charge on any atom is 0.0606 e. The Hall–Kier alpha value is -0.0800. The molecule has 0 amide bonds. The summed E-state index contributed by atoms with van der Waals surface area (Å²) in [5.41, 5.74) is 4.82. The predicted molar refractivity (Wildman–Crippen MR) is 34.6 cm³/mol. The van der Waals surface area contributed by atoms with Gasteiger partial charge in [0.25, 0.3) is 0 Å². The van der Waals surface area contributed by atoms with Gasteiger partial charge in [-0.05, 0) is 27.2 Å². The van der Waals surface area contributed by atoms with E-state index in [1.165, 1.54) is 0 Å². The van der Waals surface area contributed by atoms with Crippen LogP contribution in [0.25, 0.3) is 0 Å². The molecule has 2 nitrogen and oxygen atoms in total. The Labute approximate surface area is 50.7 Å². The van der Waals surface area contributed by atoms with Crippen LogP contribution in [0.4, 0.5) is 0 Å². The normalized spacial score (nSPS) is 16.1. The van der Waals surface area contributed by atoms with Crippen LogP contribution in [0.2, 0.25) is 0 Å². The second kappa shape index (κ2) is 2.46. The standard InChI is InChI=1S/C6H15NO/c1-5(7)4-6(2,3)8/h5,8H,4,7H2,1-3H3/t5-/m0/s1. The van der Waals surface area contributed by atoms with Gasteiger partial charge in [-0.1, -0.05) is 0 Å². The summed E-state index contributed by atoms with van der Waals surface area (Å²) in [6.07, 6.45) is 0.660. The highest BCUT2D eigenvalue weighted by Crippen LogP contribution is 2.07.